The number of hydrogen-bond acceptors (Lipinski definition) is 5. The molecule has 0 fully saturated rings. The maximum Gasteiger partial charge on any atom is 0.203 e. The van der Waals surface area contributed by atoms with Gasteiger partial charge in [0.25, 0.3) is 0 Å². The first-order valence-electron chi connectivity index (χ1n) is 6.21. The summed E-state index contributed by atoms with van der Waals surface area (Å²) in [5.74, 6) is 2.26. The second-order valence-electron chi connectivity index (χ2n) is 4.12. The zero-order chi connectivity index (χ0) is 15.2. The molecule has 0 N–H and O–H groups in total. The van der Waals surface area contributed by atoms with Crippen molar-refractivity contribution in [2.24, 2.45) is 0 Å². The van der Waals surface area contributed by atoms with Crippen LogP contribution in [0, 0.1) is 0 Å². The number of halogens is 1. The molecule has 0 saturated heterocycles. The van der Waals surface area contributed by atoms with Crippen molar-refractivity contribution in [3.8, 4) is 23.0 Å². The van der Waals surface area contributed by atoms with Gasteiger partial charge in [0.05, 0.1) is 27.0 Å². The highest BCUT2D eigenvalue weighted by Gasteiger charge is 2.14. The van der Waals surface area contributed by atoms with Gasteiger partial charge in [-0.2, -0.15) is 0 Å². The van der Waals surface area contributed by atoms with E-state index in [-0.39, 0.29) is 0 Å². The molecular weight excluding hydrogens is 338 g/mol. The molecule has 0 bridgehead atoms. The van der Waals surface area contributed by atoms with Gasteiger partial charge in [0.1, 0.15) is 12.4 Å². The summed E-state index contributed by atoms with van der Waals surface area (Å²) in [6.45, 7) is 0.353. The standard InChI is InChI=1S/C15H16BrNO4/c1-18-13-6-12(7-14(19-2)15(13)20-3)21-9-11-5-4-10(16)8-17-11/h4-8H,9H2,1-3H3. The van der Waals surface area contributed by atoms with Crippen molar-refractivity contribution in [1.82, 2.24) is 4.98 Å². The summed E-state index contributed by atoms with van der Waals surface area (Å²) in [6.07, 6.45) is 1.73. The topological polar surface area (TPSA) is 49.8 Å². The van der Waals surface area contributed by atoms with Crippen LogP contribution in [0.5, 0.6) is 23.0 Å². The van der Waals surface area contributed by atoms with E-state index in [1.54, 1.807) is 39.7 Å². The Morgan fingerprint density at radius 1 is 1.00 bits per heavy atom. The van der Waals surface area contributed by atoms with Crippen LogP contribution in [0.15, 0.2) is 34.9 Å². The van der Waals surface area contributed by atoms with Gasteiger partial charge in [0.15, 0.2) is 11.5 Å². The fourth-order valence-electron chi connectivity index (χ4n) is 1.79. The molecule has 0 aliphatic heterocycles. The first-order valence-corrected chi connectivity index (χ1v) is 7.00. The van der Waals surface area contributed by atoms with E-state index in [4.69, 9.17) is 18.9 Å². The zero-order valence-corrected chi connectivity index (χ0v) is 13.6. The molecule has 21 heavy (non-hydrogen) atoms. The third-order valence-electron chi connectivity index (χ3n) is 2.81. The summed E-state index contributed by atoms with van der Waals surface area (Å²) in [5.41, 5.74) is 0.826. The van der Waals surface area contributed by atoms with Crippen LogP contribution in [-0.2, 0) is 6.61 Å². The lowest BCUT2D eigenvalue weighted by atomic mass is 10.2. The molecule has 2 aromatic rings. The highest BCUT2D eigenvalue weighted by atomic mass is 79.9. The second kappa shape index (κ2) is 7.17. The molecule has 0 aliphatic carbocycles. The van der Waals surface area contributed by atoms with E-state index in [2.05, 4.69) is 20.9 Å². The molecule has 1 aromatic carbocycles. The van der Waals surface area contributed by atoms with Gasteiger partial charge in [0.2, 0.25) is 5.75 Å². The van der Waals surface area contributed by atoms with Crippen LogP contribution < -0.4 is 18.9 Å². The second-order valence-corrected chi connectivity index (χ2v) is 5.03. The largest absolute Gasteiger partial charge is 0.493 e. The number of methoxy groups -OCH3 is 3. The van der Waals surface area contributed by atoms with Crippen LogP contribution >= 0.6 is 15.9 Å². The van der Waals surface area contributed by atoms with Gasteiger partial charge in [-0.3, -0.25) is 4.98 Å². The minimum absolute atomic E-state index is 0.353. The molecule has 0 unspecified atom stereocenters. The SMILES string of the molecule is COc1cc(OCc2ccc(Br)cn2)cc(OC)c1OC. The average Bonchev–Trinajstić information content (AvgIpc) is 2.53. The number of nitrogens with zero attached hydrogens (tertiary/aromatic N) is 1. The first kappa shape index (κ1) is 15.4. The summed E-state index contributed by atoms with van der Waals surface area (Å²) in [4.78, 5) is 4.25. The van der Waals surface area contributed by atoms with E-state index in [9.17, 15) is 0 Å². The summed E-state index contributed by atoms with van der Waals surface area (Å²) < 4.78 is 22.5. The normalized spacial score (nSPS) is 10.1. The van der Waals surface area contributed by atoms with Gasteiger partial charge < -0.3 is 18.9 Å². The molecule has 6 heteroatoms. The monoisotopic (exact) mass is 353 g/mol. The Labute approximate surface area is 131 Å². The molecule has 2 rings (SSSR count). The lowest BCUT2D eigenvalue weighted by Crippen LogP contribution is -2.00. The van der Waals surface area contributed by atoms with Crippen LogP contribution in [0.4, 0.5) is 0 Å². The molecule has 1 aromatic heterocycles. The Morgan fingerprint density at radius 3 is 2.14 bits per heavy atom. The van der Waals surface area contributed by atoms with Crippen LogP contribution in [0.3, 0.4) is 0 Å². The van der Waals surface area contributed by atoms with Gasteiger partial charge in [0, 0.05) is 22.8 Å². The maximum atomic E-state index is 5.72. The molecule has 1 heterocycles. The Morgan fingerprint density at radius 2 is 1.67 bits per heavy atom. The van der Waals surface area contributed by atoms with Crippen molar-refractivity contribution in [2.75, 3.05) is 21.3 Å². The quantitative estimate of drug-likeness (QED) is 0.795. The third kappa shape index (κ3) is 3.78. The molecular formula is C15H16BrNO4. The van der Waals surface area contributed by atoms with Crippen molar-refractivity contribution >= 4 is 15.9 Å². The molecule has 0 atom stereocenters. The fourth-order valence-corrected chi connectivity index (χ4v) is 2.02. The number of pyridine rings is 1. The number of rotatable bonds is 6. The molecule has 0 amide bonds. The minimum Gasteiger partial charge on any atom is -0.493 e. The van der Waals surface area contributed by atoms with Crippen molar-refractivity contribution < 1.29 is 18.9 Å². The third-order valence-corrected chi connectivity index (χ3v) is 3.28. The van der Waals surface area contributed by atoms with Gasteiger partial charge in [-0.05, 0) is 28.1 Å². The number of aromatic nitrogens is 1. The summed E-state index contributed by atoms with van der Waals surface area (Å²) in [6, 6.07) is 7.31. The van der Waals surface area contributed by atoms with E-state index in [0.29, 0.717) is 29.6 Å². The Kier molecular flexibility index (Phi) is 5.27. The summed E-state index contributed by atoms with van der Waals surface area (Å²) in [7, 11) is 4.70. The van der Waals surface area contributed by atoms with Crippen LogP contribution in [-0.4, -0.2) is 26.3 Å². The lowest BCUT2D eigenvalue weighted by molar-refractivity contribution is 0.288. The van der Waals surface area contributed by atoms with Crippen molar-refractivity contribution in [3.05, 3.63) is 40.6 Å². The number of hydrogen-bond donors (Lipinski definition) is 0. The van der Waals surface area contributed by atoms with Gasteiger partial charge in [-0.1, -0.05) is 0 Å². The Balaban J connectivity index is 2.18. The van der Waals surface area contributed by atoms with Crippen LogP contribution in [0.1, 0.15) is 5.69 Å². The van der Waals surface area contributed by atoms with E-state index >= 15 is 0 Å². The van der Waals surface area contributed by atoms with Gasteiger partial charge >= 0.3 is 0 Å². The van der Waals surface area contributed by atoms with E-state index < -0.39 is 0 Å². The molecule has 112 valence electrons. The molecule has 0 radical (unpaired) electrons. The average molecular weight is 354 g/mol. The van der Waals surface area contributed by atoms with Crippen molar-refractivity contribution in [2.45, 2.75) is 6.61 Å². The molecule has 0 spiro atoms. The highest BCUT2D eigenvalue weighted by Crippen LogP contribution is 2.40. The molecule has 5 nitrogen and oxygen atoms in total. The number of benzene rings is 1. The van der Waals surface area contributed by atoms with E-state index in [0.717, 1.165) is 10.2 Å². The maximum absolute atomic E-state index is 5.72. The van der Waals surface area contributed by atoms with Gasteiger partial charge in [-0.25, -0.2) is 0 Å². The van der Waals surface area contributed by atoms with Crippen molar-refractivity contribution in [3.63, 3.8) is 0 Å². The van der Waals surface area contributed by atoms with Crippen LogP contribution in [0.2, 0.25) is 0 Å². The van der Waals surface area contributed by atoms with E-state index in [1.165, 1.54) is 0 Å². The fraction of sp³-hybridized carbons (Fsp3) is 0.267. The predicted molar refractivity (Wildman–Crippen MR) is 82.4 cm³/mol. The number of ether oxygens (including phenoxy) is 4. The zero-order valence-electron chi connectivity index (χ0n) is 12.1. The smallest absolute Gasteiger partial charge is 0.203 e. The Bertz CT molecular complexity index is 576. The molecule has 0 saturated carbocycles. The molecule has 0 aliphatic rings. The minimum atomic E-state index is 0.353. The first-order chi connectivity index (χ1) is 10.2. The van der Waals surface area contributed by atoms with E-state index in [1.807, 2.05) is 12.1 Å². The van der Waals surface area contributed by atoms with Crippen LogP contribution in [0.25, 0.3) is 0 Å². The summed E-state index contributed by atoms with van der Waals surface area (Å²) >= 11 is 3.34. The Hall–Kier alpha value is -1.95. The predicted octanol–water partition coefficient (Wildman–Crippen LogP) is 3.45. The highest BCUT2D eigenvalue weighted by molar-refractivity contribution is 9.10. The van der Waals surface area contributed by atoms with Gasteiger partial charge in [-0.15, -0.1) is 0 Å². The van der Waals surface area contributed by atoms with Crippen molar-refractivity contribution in [1.29, 1.82) is 0 Å². The lowest BCUT2D eigenvalue weighted by Gasteiger charge is -2.14. The summed E-state index contributed by atoms with van der Waals surface area (Å²) in [5, 5.41) is 0.